The molecule has 0 aliphatic rings. The highest BCUT2D eigenvalue weighted by atomic mass is 32.1. The van der Waals surface area contributed by atoms with E-state index in [0.29, 0.717) is 16.9 Å². The second-order valence-corrected chi connectivity index (χ2v) is 6.30. The highest BCUT2D eigenvalue weighted by molar-refractivity contribution is 7.16. The predicted octanol–water partition coefficient (Wildman–Crippen LogP) is 3.39. The molecule has 0 aliphatic heterocycles. The smallest absolute Gasteiger partial charge is 0.279 e. The Morgan fingerprint density at radius 3 is 2.88 bits per heavy atom. The molecule has 4 nitrogen and oxygen atoms in total. The van der Waals surface area contributed by atoms with E-state index < -0.39 is 0 Å². The monoisotopic (exact) mass is 336 g/mol. The number of aromatic nitrogens is 1. The zero-order valence-electron chi connectivity index (χ0n) is 13.4. The molecule has 3 rings (SSSR count). The van der Waals surface area contributed by atoms with Crippen molar-refractivity contribution in [1.29, 1.82) is 0 Å². The normalized spacial score (nSPS) is 11.5. The summed E-state index contributed by atoms with van der Waals surface area (Å²) in [7, 11) is 1.62. The van der Waals surface area contributed by atoms with E-state index in [1.807, 2.05) is 47.9 Å². The van der Waals surface area contributed by atoms with Crippen molar-refractivity contribution in [2.75, 3.05) is 7.11 Å². The fraction of sp³-hybridized carbons (Fsp3) is 0.158. The molecule has 24 heavy (non-hydrogen) atoms. The first-order valence-electron chi connectivity index (χ1n) is 7.39. The van der Waals surface area contributed by atoms with Crippen LogP contribution in [-0.2, 0) is 6.54 Å². The van der Waals surface area contributed by atoms with Gasteiger partial charge in [-0.05, 0) is 37.3 Å². The lowest BCUT2D eigenvalue weighted by Crippen LogP contribution is -2.16. The number of carbonyl (C=O) groups excluding carboxylic acids is 1. The molecular formula is C19H16N2O2S. The number of methoxy groups -OCH3 is 1. The maximum absolute atomic E-state index is 12.5. The fourth-order valence-electron chi connectivity index (χ4n) is 2.44. The summed E-state index contributed by atoms with van der Waals surface area (Å²) in [6.07, 6.45) is 5.48. The Morgan fingerprint density at radius 1 is 1.33 bits per heavy atom. The van der Waals surface area contributed by atoms with Gasteiger partial charge >= 0.3 is 0 Å². The zero-order chi connectivity index (χ0) is 17.1. The van der Waals surface area contributed by atoms with Gasteiger partial charge < -0.3 is 9.30 Å². The minimum absolute atomic E-state index is 0.275. The molecule has 0 N–H and O–H groups in total. The summed E-state index contributed by atoms with van der Waals surface area (Å²) in [5.41, 5.74) is 2.53. The number of aryl methyl sites for hydroxylation is 1. The van der Waals surface area contributed by atoms with Crippen molar-refractivity contribution in [3.63, 3.8) is 0 Å². The van der Waals surface area contributed by atoms with Crippen molar-refractivity contribution < 1.29 is 9.53 Å². The number of thiazole rings is 1. The number of benzene rings is 2. The number of rotatable bonds is 3. The van der Waals surface area contributed by atoms with E-state index in [2.05, 4.69) is 10.9 Å². The Balaban J connectivity index is 2.15. The molecule has 0 radical (unpaired) electrons. The van der Waals surface area contributed by atoms with Gasteiger partial charge in [0.1, 0.15) is 5.75 Å². The minimum atomic E-state index is -0.275. The van der Waals surface area contributed by atoms with Crippen LogP contribution in [0.2, 0.25) is 0 Å². The van der Waals surface area contributed by atoms with Crippen LogP contribution in [0.3, 0.4) is 0 Å². The Hall–Kier alpha value is -2.84. The van der Waals surface area contributed by atoms with E-state index in [9.17, 15) is 4.79 Å². The van der Waals surface area contributed by atoms with Crippen LogP contribution in [-0.4, -0.2) is 17.6 Å². The van der Waals surface area contributed by atoms with Crippen LogP contribution in [0.1, 0.15) is 15.9 Å². The van der Waals surface area contributed by atoms with Crippen LogP contribution < -0.4 is 9.54 Å². The second kappa shape index (κ2) is 6.73. The standard InChI is InChI=1S/C19H16N2O2S/c1-4-10-21-16-9-8-15(23-3)12-17(16)24-19(21)20-18(22)14-7-5-6-13(2)11-14/h1,5-9,11-12H,10H2,2-3H3. The number of amides is 1. The molecule has 1 aromatic heterocycles. The molecule has 0 unspecified atom stereocenters. The molecule has 0 saturated carbocycles. The van der Waals surface area contributed by atoms with Crippen LogP contribution in [0.5, 0.6) is 5.75 Å². The lowest BCUT2D eigenvalue weighted by molar-refractivity contribution is 0.0998. The molecule has 0 atom stereocenters. The summed E-state index contributed by atoms with van der Waals surface area (Å²) >= 11 is 1.42. The summed E-state index contributed by atoms with van der Waals surface area (Å²) in [5.74, 6) is 3.10. The third kappa shape index (κ3) is 3.10. The van der Waals surface area contributed by atoms with E-state index in [1.165, 1.54) is 11.3 Å². The number of carbonyl (C=O) groups is 1. The molecular weight excluding hydrogens is 320 g/mol. The van der Waals surface area contributed by atoms with Crippen molar-refractivity contribution in [3.8, 4) is 18.1 Å². The number of hydrogen-bond acceptors (Lipinski definition) is 3. The average Bonchev–Trinajstić information content (AvgIpc) is 2.91. The fourth-order valence-corrected chi connectivity index (χ4v) is 3.50. The molecule has 0 saturated heterocycles. The maximum atomic E-state index is 12.5. The molecule has 0 aliphatic carbocycles. The number of ether oxygens (including phenoxy) is 1. The number of fused-ring (bicyclic) bond motifs is 1. The van der Waals surface area contributed by atoms with Gasteiger partial charge in [0.25, 0.3) is 5.91 Å². The molecule has 0 fully saturated rings. The van der Waals surface area contributed by atoms with E-state index in [-0.39, 0.29) is 5.91 Å². The first kappa shape index (κ1) is 16.0. The van der Waals surface area contributed by atoms with E-state index in [1.54, 1.807) is 13.2 Å². The Bertz CT molecular complexity index is 1020. The Kier molecular flexibility index (Phi) is 4.50. The van der Waals surface area contributed by atoms with Gasteiger partial charge in [0.05, 0.1) is 23.9 Å². The van der Waals surface area contributed by atoms with Crippen molar-refractivity contribution in [1.82, 2.24) is 4.57 Å². The largest absolute Gasteiger partial charge is 0.497 e. The van der Waals surface area contributed by atoms with E-state index in [4.69, 9.17) is 11.2 Å². The van der Waals surface area contributed by atoms with E-state index >= 15 is 0 Å². The van der Waals surface area contributed by atoms with Gasteiger partial charge in [-0.2, -0.15) is 4.99 Å². The maximum Gasteiger partial charge on any atom is 0.279 e. The van der Waals surface area contributed by atoms with Crippen molar-refractivity contribution in [2.45, 2.75) is 13.5 Å². The van der Waals surface area contributed by atoms with Crippen LogP contribution in [0, 0.1) is 19.3 Å². The molecule has 120 valence electrons. The molecule has 3 aromatic rings. The second-order valence-electron chi connectivity index (χ2n) is 5.29. The van der Waals surface area contributed by atoms with Gasteiger partial charge in [0.2, 0.25) is 0 Å². The summed E-state index contributed by atoms with van der Waals surface area (Å²) in [4.78, 5) is 17.3. The summed E-state index contributed by atoms with van der Waals surface area (Å²) in [5, 5.41) is 0. The molecule has 0 spiro atoms. The highest BCUT2D eigenvalue weighted by Crippen LogP contribution is 2.23. The number of hydrogen-bond donors (Lipinski definition) is 0. The molecule has 1 heterocycles. The van der Waals surface area contributed by atoms with Gasteiger partial charge in [0, 0.05) is 5.56 Å². The molecule has 2 aromatic carbocycles. The van der Waals surface area contributed by atoms with Crippen molar-refractivity contribution in [2.24, 2.45) is 4.99 Å². The van der Waals surface area contributed by atoms with Crippen molar-refractivity contribution >= 4 is 27.5 Å². The van der Waals surface area contributed by atoms with Gasteiger partial charge in [-0.3, -0.25) is 4.79 Å². The van der Waals surface area contributed by atoms with Crippen LogP contribution in [0.4, 0.5) is 0 Å². The first-order valence-corrected chi connectivity index (χ1v) is 8.20. The number of terminal acetylenes is 1. The van der Waals surface area contributed by atoms with Gasteiger partial charge in [0.15, 0.2) is 4.80 Å². The molecule has 1 amide bonds. The molecule has 5 heteroatoms. The van der Waals surface area contributed by atoms with Crippen molar-refractivity contribution in [3.05, 3.63) is 58.4 Å². The predicted molar refractivity (Wildman–Crippen MR) is 96.3 cm³/mol. The quantitative estimate of drug-likeness (QED) is 0.688. The summed E-state index contributed by atoms with van der Waals surface area (Å²) in [6.45, 7) is 2.30. The Morgan fingerprint density at radius 2 is 2.17 bits per heavy atom. The SMILES string of the molecule is C#CCn1c(=NC(=O)c2cccc(C)c2)sc2cc(OC)ccc21. The van der Waals surface area contributed by atoms with Crippen LogP contribution in [0.15, 0.2) is 47.5 Å². The third-order valence-electron chi connectivity index (χ3n) is 3.60. The average molecular weight is 336 g/mol. The van der Waals surface area contributed by atoms with Crippen LogP contribution >= 0.6 is 11.3 Å². The van der Waals surface area contributed by atoms with Gasteiger partial charge in [-0.15, -0.1) is 6.42 Å². The minimum Gasteiger partial charge on any atom is -0.497 e. The molecule has 0 bridgehead atoms. The zero-order valence-corrected chi connectivity index (χ0v) is 14.3. The number of nitrogens with zero attached hydrogens (tertiary/aromatic N) is 2. The van der Waals surface area contributed by atoms with E-state index in [0.717, 1.165) is 21.5 Å². The lowest BCUT2D eigenvalue weighted by atomic mass is 10.1. The lowest BCUT2D eigenvalue weighted by Gasteiger charge is -2.01. The Labute approximate surface area is 144 Å². The van der Waals surface area contributed by atoms with Gasteiger partial charge in [-0.25, -0.2) is 0 Å². The van der Waals surface area contributed by atoms with Gasteiger partial charge in [-0.1, -0.05) is 35.0 Å². The van der Waals surface area contributed by atoms with Crippen LogP contribution in [0.25, 0.3) is 10.2 Å². The first-order chi connectivity index (χ1) is 11.6. The summed E-state index contributed by atoms with van der Waals surface area (Å²) in [6, 6.07) is 13.1. The summed E-state index contributed by atoms with van der Waals surface area (Å²) < 4.78 is 8.10. The third-order valence-corrected chi connectivity index (χ3v) is 4.64. The topological polar surface area (TPSA) is 43.6 Å². The highest BCUT2D eigenvalue weighted by Gasteiger charge is 2.09.